The summed E-state index contributed by atoms with van der Waals surface area (Å²) in [5, 5.41) is 14.3. The number of carbonyl (C=O) groups is 3. The summed E-state index contributed by atoms with van der Waals surface area (Å²) in [7, 11) is 0. The summed E-state index contributed by atoms with van der Waals surface area (Å²) >= 11 is 6.03. The molecule has 6 nitrogen and oxygen atoms in total. The molecule has 1 rings (SSSR count). The number of unbranched alkanes of at least 4 members (excludes halogenated alkanes) is 4. The molecule has 0 aliphatic carbocycles. The lowest BCUT2D eigenvalue weighted by molar-refractivity contribution is -0.137. The molecule has 0 unspecified atom stereocenters. The van der Waals surface area contributed by atoms with Crippen molar-refractivity contribution in [3.63, 3.8) is 0 Å². The van der Waals surface area contributed by atoms with E-state index in [4.69, 9.17) is 16.7 Å². The van der Waals surface area contributed by atoms with Crippen LogP contribution in [0.25, 0.3) is 0 Å². The molecule has 1 aromatic carbocycles. The zero-order chi connectivity index (χ0) is 17.9. The standard InChI is InChI=1S/C17H23ClN2O4/c1-12(21)20-13-8-9-15(18)14(11-13)17(24)19-10-6-4-2-3-5-7-16(22)23/h8-9,11H,2-7,10H2,1H3,(H,19,24)(H,20,21)(H,22,23). The minimum Gasteiger partial charge on any atom is -0.481 e. The molecule has 132 valence electrons. The minimum absolute atomic E-state index is 0.208. The van der Waals surface area contributed by atoms with Crippen molar-refractivity contribution >= 4 is 35.1 Å². The number of anilines is 1. The summed E-state index contributed by atoms with van der Waals surface area (Å²) in [5.41, 5.74) is 0.847. The fraction of sp³-hybridized carbons (Fsp3) is 0.471. The summed E-state index contributed by atoms with van der Waals surface area (Å²) in [4.78, 5) is 33.6. The second-order valence-electron chi connectivity index (χ2n) is 5.54. The van der Waals surface area contributed by atoms with E-state index in [0.29, 0.717) is 29.2 Å². The second kappa shape index (κ2) is 10.6. The lowest BCUT2D eigenvalue weighted by atomic mass is 10.1. The molecule has 0 atom stereocenters. The van der Waals surface area contributed by atoms with Crippen molar-refractivity contribution in [3.8, 4) is 0 Å². The third-order valence-corrected chi connectivity index (χ3v) is 3.71. The van der Waals surface area contributed by atoms with Crippen molar-refractivity contribution in [2.24, 2.45) is 0 Å². The minimum atomic E-state index is -0.763. The number of hydrogen-bond donors (Lipinski definition) is 3. The Morgan fingerprint density at radius 2 is 1.75 bits per heavy atom. The van der Waals surface area contributed by atoms with Crippen molar-refractivity contribution in [1.29, 1.82) is 0 Å². The Hall–Kier alpha value is -2.08. The molecule has 24 heavy (non-hydrogen) atoms. The van der Waals surface area contributed by atoms with Crippen LogP contribution in [-0.4, -0.2) is 29.4 Å². The van der Waals surface area contributed by atoms with Crippen LogP contribution in [0.4, 0.5) is 5.69 Å². The maximum atomic E-state index is 12.1. The number of carboxylic acids is 1. The molecule has 0 spiro atoms. The molecule has 0 aliphatic rings. The molecule has 3 N–H and O–H groups in total. The molecule has 0 fully saturated rings. The summed E-state index contributed by atoms with van der Waals surface area (Å²) in [6.07, 6.45) is 4.47. The van der Waals surface area contributed by atoms with Crippen LogP contribution < -0.4 is 10.6 Å². The second-order valence-corrected chi connectivity index (χ2v) is 5.95. The largest absolute Gasteiger partial charge is 0.481 e. The fourth-order valence-electron chi connectivity index (χ4n) is 2.21. The molecule has 0 aliphatic heterocycles. The van der Waals surface area contributed by atoms with E-state index in [1.807, 2.05) is 0 Å². The zero-order valence-electron chi connectivity index (χ0n) is 13.7. The van der Waals surface area contributed by atoms with Gasteiger partial charge in [-0.3, -0.25) is 14.4 Å². The maximum absolute atomic E-state index is 12.1. The Kier molecular flexibility index (Phi) is 8.86. The van der Waals surface area contributed by atoms with Crippen LogP contribution in [0.3, 0.4) is 0 Å². The number of benzene rings is 1. The highest BCUT2D eigenvalue weighted by molar-refractivity contribution is 6.34. The summed E-state index contributed by atoms with van der Waals surface area (Å²) in [5.74, 6) is -1.26. The van der Waals surface area contributed by atoms with Crippen molar-refractivity contribution < 1.29 is 19.5 Å². The predicted octanol–water partition coefficient (Wildman–Crippen LogP) is 3.45. The highest BCUT2D eigenvalue weighted by Crippen LogP contribution is 2.20. The van der Waals surface area contributed by atoms with E-state index in [-0.39, 0.29) is 18.2 Å². The van der Waals surface area contributed by atoms with Gasteiger partial charge in [-0.15, -0.1) is 0 Å². The van der Waals surface area contributed by atoms with Gasteiger partial charge in [0, 0.05) is 25.6 Å². The number of halogens is 1. The van der Waals surface area contributed by atoms with Gasteiger partial charge in [-0.1, -0.05) is 30.9 Å². The van der Waals surface area contributed by atoms with Crippen LogP contribution in [0.5, 0.6) is 0 Å². The quantitative estimate of drug-likeness (QED) is 0.561. The average molecular weight is 355 g/mol. The molecule has 0 aromatic heterocycles. The van der Waals surface area contributed by atoms with E-state index < -0.39 is 5.97 Å². The van der Waals surface area contributed by atoms with E-state index in [1.165, 1.54) is 6.92 Å². The molecular formula is C17H23ClN2O4. The van der Waals surface area contributed by atoms with Gasteiger partial charge in [0.1, 0.15) is 0 Å². The Morgan fingerprint density at radius 1 is 1.08 bits per heavy atom. The monoisotopic (exact) mass is 354 g/mol. The first kappa shape index (κ1) is 20.0. The van der Waals surface area contributed by atoms with Crippen molar-refractivity contribution in [2.75, 3.05) is 11.9 Å². The van der Waals surface area contributed by atoms with Gasteiger partial charge in [-0.05, 0) is 31.0 Å². The molecule has 0 bridgehead atoms. The van der Waals surface area contributed by atoms with Gasteiger partial charge >= 0.3 is 5.97 Å². The van der Waals surface area contributed by atoms with Gasteiger partial charge < -0.3 is 15.7 Å². The van der Waals surface area contributed by atoms with Gasteiger partial charge in [-0.25, -0.2) is 0 Å². The number of aliphatic carboxylic acids is 1. The first-order valence-corrected chi connectivity index (χ1v) is 8.35. The predicted molar refractivity (Wildman–Crippen MR) is 93.4 cm³/mol. The molecule has 0 saturated heterocycles. The summed E-state index contributed by atoms with van der Waals surface area (Å²) < 4.78 is 0. The van der Waals surface area contributed by atoms with Crippen LogP contribution in [0.2, 0.25) is 5.02 Å². The zero-order valence-corrected chi connectivity index (χ0v) is 14.5. The number of carbonyl (C=O) groups excluding carboxylic acids is 2. The third kappa shape index (κ3) is 7.97. The molecule has 0 radical (unpaired) electrons. The van der Waals surface area contributed by atoms with E-state index >= 15 is 0 Å². The Balaban J connectivity index is 2.32. The number of hydrogen-bond acceptors (Lipinski definition) is 3. The third-order valence-electron chi connectivity index (χ3n) is 3.38. The van der Waals surface area contributed by atoms with E-state index in [0.717, 1.165) is 25.7 Å². The topological polar surface area (TPSA) is 95.5 Å². The lowest BCUT2D eigenvalue weighted by Gasteiger charge is -2.09. The lowest BCUT2D eigenvalue weighted by Crippen LogP contribution is -2.25. The highest BCUT2D eigenvalue weighted by Gasteiger charge is 2.11. The first-order chi connectivity index (χ1) is 11.4. The Morgan fingerprint density at radius 3 is 2.42 bits per heavy atom. The average Bonchev–Trinajstić information content (AvgIpc) is 2.50. The summed E-state index contributed by atoms with van der Waals surface area (Å²) in [6, 6.07) is 4.76. The maximum Gasteiger partial charge on any atom is 0.303 e. The van der Waals surface area contributed by atoms with E-state index in [2.05, 4.69) is 10.6 Å². The SMILES string of the molecule is CC(=O)Nc1ccc(Cl)c(C(=O)NCCCCCCCC(=O)O)c1. The molecular weight excluding hydrogens is 332 g/mol. The molecule has 0 heterocycles. The first-order valence-electron chi connectivity index (χ1n) is 7.97. The van der Waals surface area contributed by atoms with Gasteiger partial charge in [-0.2, -0.15) is 0 Å². The molecule has 7 heteroatoms. The number of rotatable bonds is 10. The Bertz CT molecular complexity index is 590. The normalized spacial score (nSPS) is 10.2. The smallest absolute Gasteiger partial charge is 0.303 e. The summed E-state index contributed by atoms with van der Waals surface area (Å²) in [6.45, 7) is 1.92. The van der Waals surface area contributed by atoms with Crippen molar-refractivity contribution in [3.05, 3.63) is 28.8 Å². The molecule has 1 aromatic rings. The number of amides is 2. The van der Waals surface area contributed by atoms with Crippen LogP contribution in [0.15, 0.2) is 18.2 Å². The van der Waals surface area contributed by atoms with Crippen LogP contribution in [-0.2, 0) is 9.59 Å². The van der Waals surface area contributed by atoms with Crippen LogP contribution >= 0.6 is 11.6 Å². The fourth-order valence-corrected chi connectivity index (χ4v) is 2.41. The Labute approximate surface area is 146 Å². The highest BCUT2D eigenvalue weighted by atomic mass is 35.5. The van der Waals surface area contributed by atoms with Crippen LogP contribution in [0, 0.1) is 0 Å². The van der Waals surface area contributed by atoms with Gasteiger partial charge in [0.2, 0.25) is 5.91 Å². The van der Waals surface area contributed by atoms with E-state index in [9.17, 15) is 14.4 Å². The number of carboxylic acid groups (broad SMARTS) is 1. The van der Waals surface area contributed by atoms with Gasteiger partial charge in [0.25, 0.3) is 5.91 Å². The molecule has 2 amide bonds. The van der Waals surface area contributed by atoms with Gasteiger partial charge in [0.05, 0.1) is 10.6 Å². The number of nitrogens with one attached hydrogen (secondary N) is 2. The molecule has 0 saturated carbocycles. The van der Waals surface area contributed by atoms with Gasteiger partial charge in [0.15, 0.2) is 0 Å². The van der Waals surface area contributed by atoms with Crippen molar-refractivity contribution in [1.82, 2.24) is 5.32 Å². The van der Waals surface area contributed by atoms with Crippen LogP contribution in [0.1, 0.15) is 55.8 Å². The van der Waals surface area contributed by atoms with E-state index in [1.54, 1.807) is 18.2 Å². The van der Waals surface area contributed by atoms with Crippen molar-refractivity contribution in [2.45, 2.75) is 45.4 Å².